The Bertz CT molecular complexity index is 529. The molecule has 4 heteroatoms. The highest BCUT2D eigenvalue weighted by molar-refractivity contribution is 5.98. The van der Waals surface area contributed by atoms with Crippen LogP contribution >= 0.6 is 0 Å². The first-order chi connectivity index (χ1) is 10.2. The van der Waals surface area contributed by atoms with Gasteiger partial charge in [0, 0.05) is 13.1 Å². The minimum Gasteiger partial charge on any atom is -0.329 e. The quantitative estimate of drug-likeness (QED) is 0.852. The zero-order valence-electron chi connectivity index (χ0n) is 12.5. The highest BCUT2D eigenvalue weighted by Crippen LogP contribution is 2.34. The van der Waals surface area contributed by atoms with E-state index in [9.17, 15) is 9.59 Å². The summed E-state index contributed by atoms with van der Waals surface area (Å²) in [6.45, 7) is 3.50. The van der Waals surface area contributed by atoms with Gasteiger partial charge in [-0.3, -0.25) is 9.59 Å². The lowest BCUT2D eigenvalue weighted by Crippen LogP contribution is -2.58. The minimum absolute atomic E-state index is 0.0967. The van der Waals surface area contributed by atoms with E-state index in [1.807, 2.05) is 35.2 Å². The molecule has 2 amide bonds. The van der Waals surface area contributed by atoms with Crippen molar-refractivity contribution < 1.29 is 9.59 Å². The number of unbranched alkanes of at least 4 members (excludes halogenated alkanes) is 1. The lowest BCUT2D eigenvalue weighted by Gasteiger charge is -2.42. The number of hydrogen-bond acceptors (Lipinski definition) is 2. The summed E-state index contributed by atoms with van der Waals surface area (Å²) in [6.07, 6.45) is 3.71. The van der Waals surface area contributed by atoms with Gasteiger partial charge in [-0.1, -0.05) is 43.7 Å². The van der Waals surface area contributed by atoms with Gasteiger partial charge in [0.05, 0.1) is 0 Å². The summed E-state index contributed by atoms with van der Waals surface area (Å²) < 4.78 is 0. The van der Waals surface area contributed by atoms with Gasteiger partial charge in [0.2, 0.25) is 5.91 Å². The van der Waals surface area contributed by atoms with Crippen LogP contribution in [0.15, 0.2) is 30.3 Å². The molecular weight excluding hydrogens is 264 g/mol. The van der Waals surface area contributed by atoms with E-state index in [4.69, 9.17) is 0 Å². The van der Waals surface area contributed by atoms with Crippen molar-refractivity contribution in [1.29, 1.82) is 0 Å². The molecule has 2 atom stereocenters. The number of hydrogen-bond donors (Lipinski definition) is 0. The molecule has 0 aromatic heterocycles. The van der Waals surface area contributed by atoms with Crippen LogP contribution in [0.2, 0.25) is 0 Å². The van der Waals surface area contributed by atoms with Crippen LogP contribution in [0.4, 0.5) is 0 Å². The predicted octanol–water partition coefficient (Wildman–Crippen LogP) is 2.36. The van der Waals surface area contributed by atoms with E-state index in [1.165, 1.54) is 0 Å². The summed E-state index contributed by atoms with van der Waals surface area (Å²) in [5, 5.41) is 0. The van der Waals surface area contributed by atoms with Crippen LogP contribution in [-0.2, 0) is 9.59 Å². The molecular formula is C17H22N2O2. The maximum absolute atomic E-state index is 12.9. The SMILES string of the molecule is CCCCN1C(=O)C2CCCN2C(=O)C1c1ccccc1. The Morgan fingerprint density at radius 2 is 1.90 bits per heavy atom. The zero-order chi connectivity index (χ0) is 14.8. The van der Waals surface area contributed by atoms with Crippen molar-refractivity contribution in [3.8, 4) is 0 Å². The number of piperazine rings is 1. The van der Waals surface area contributed by atoms with E-state index in [2.05, 4.69) is 6.92 Å². The van der Waals surface area contributed by atoms with Gasteiger partial charge >= 0.3 is 0 Å². The molecule has 0 saturated carbocycles. The van der Waals surface area contributed by atoms with Gasteiger partial charge in [0.25, 0.3) is 5.91 Å². The molecule has 0 aliphatic carbocycles. The summed E-state index contributed by atoms with van der Waals surface area (Å²) in [4.78, 5) is 29.2. The van der Waals surface area contributed by atoms with Crippen molar-refractivity contribution in [3.05, 3.63) is 35.9 Å². The van der Waals surface area contributed by atoms with Gasteiger partial charge in [-0.15, -0.1) is 0 Å². The first kappa shape index (κ1) is 14.1. The lowest BCUT2D eigenvalue weighted by atomic mass is 9.98. The molecule has 1 aromatic carbocycles. The van der Waals surface area contributed by atoms with Crippen LogP contribution in [-0.4, -0.2) is 40.7 Å². The Balaban J connectivity index is 1.96. The molecule has 2 unspecified atom stereocenters. The summed E-state index contributed by atoms with van der Waals surface area (Å²) in [5.41, 5.74) is 0.928. The number of nitrogens with zero attached hydrogens (tertiary/aromatic N) is 2. The number of carbonyl (C=O) groups excluding carboxylic acids is 2. The van der Waals surface area contributed by atoms with Crippen LogP contribution in [0, 0.1) is 0 Å². The fourth-order valence-electron chi connectivity index (χ4n) is 3.42. The van der Waals surface area contributed by atoms with Crippen molar-refractivity contribution in [3.63, 3.8) is 0 Å². The molecule has 2 aliphatic heterocycles. The summed E-state index contributed by atoms with van der Waals surface area (Å²) in [7, 11) is 0. The molecule has 1 aromatic rings. The third kappa shape index (κ3) is 2.43. The van der Waals surface area contributed by atoms with E-state index in [0.717, 1.165) is 37.8 Å². The number of rotatable bonds is 4. The van der Waals surface area contributed by atoms with Gasteiger partial charge in [-0.05, 0) is 24.8 Å². The van der Waals surface area contributed by atoms with Crippen LogP contribution in [0.3, 0.4) is 0 Å². The Morgan fingerprint density at radius 1 is 1.14 bits per heavy atom. The summed E-state index contributed by atoms with van der Waals surface area (Å²) in [6, 6.07) is 9.06. The average molecular weight is 286 g/mol. The Morgan fingerprint density at radius 3 is 2.62 bits per heavy atom. The lowest BCUT2D eigenvalue weighted by molar-refractivity contribution is -0.159. The highest BCUT2D eigenvalue weighted by Gasteiger charge is 2.47. The second-order valence-corrected chi connectivity index (χ2v) is 5.89. The van der Waals surface area contributed by atoms with Crippen molar-refractivity contribution in [1.82, 2.24) is 9.80 Å². The van der Waals surface area contributed by atoms with Gasteiger partial charge in [-0.25, -0.2) is 0 Å². The van der Waals surface area contributed by atoms with E-state index >= 15 is 0 Å². The van der Waals surface area contributed by atoms with Crippen molar-refractivity contribution in [2.45, 2.75) is 44.7 Å². The van der Waals surface area contributed by atoms with E-state index in [0.29, 0.717) is 6.54 Å². The summed E-state index contributed by atoms with van der Waals surface area (Å²) in [5.74, 6) is 0.230. The van der Waals surface area contributed by atoms with E-state index in [1.54, 1.807) is 4.90 Å². The normalized spacial score (nSPS) is 25.4. The molecule has 4 nitrogen and oxygen atoms in total. The number of fused-ring (bicyclic) bond motifs is 1. The van der Waals surface area contributed by atoms with Gasteiger partial charge < -0.3 is 9.80 Å². The molecule has 2 saturated heterocycles. The highest BCUT2D eigenvalue weighted by atomic mass is 16.2. The second-order valence-electron chi connectivity index (χ2n) is 5.89. The molecule has 0 bridgehead atoms. The largest absolute Gasteiger partial charge is 0.329 e. The monoisotopic (exact) mass is 286 g/mol. The average Bonchev–Trinajstić information content (AvgIpc) is 3.00. The third-order valence-corrected chi connectivity index (χ3v) is 4.52. The molecule has 2 fully saturated rings. The molecule has 0 spiro atoms. The predicted molar refractivity (Wildman–Crippen MR) is 80.5 cm³/mol. The molecule has 112 valence electrons. The zero-order valence-corrected chi connectivity index (χ0v) is 12.5. The Kier molecular flexibility index (Phi) is 3.95. The van der Waals surface area contributed by atoms with Crippen LogP contribution in [0.5, 0.6) is 0 Å². The smallest absolute Gasteiger partial charge is 0.250 e. The topological polar surface area (TPSA) is 40.6 Å². The molecule has 21 heavy (non-hydrogen) atoms. The maximum Gasteiger partial charge on any atom is 0.250 e. The first-order valence-electron chi connectivity index (χ1n) is 7.90. The standard InChI is InChI=1S/C17H22N2O2/c1-2-3-11-19-15(13-8-5-4-6-9-13)17(21)18-12-7-10-14(18)16(19)20/h4-6,8-9,14-15H,2-3,7,10-12H2,1H3. The first-order valence-corrected chi connectivity index (χ1v) is 7.90. The number of carbonyl (C=O) groups is 2. The second kappa shape index (κ2) is 5.88. The Hall–Kier alpha value is -1.84. The fourth-order valence-corrected chi connectivity index (χ4v) is 3.42. The Labute approximate surface area is 125 Å². The van der Waals surface area contributed by atoms with Gasteiger partial charge in [0.1, 0.15) is 12.1 Å². The van der Waals surface area contributed by atoms with E-state index in [-0.39, 0.29) is 17.9 Å². The molecule has 0 radical (unpaired) electrons. The van der Waals surface area contributed by atoms with Crippen molar-refractivity contribution in [2.75, 3.05) is 13.1 Å². The van der Waals surface area contributed by atoms with Crippen molar-refractivity contribution >= 4 is 11.8 Å². The van der Waals surface area contributed by atoms with Gasteiger partial charge in [-0.2, -0.15) is 0 Å². The molecule has 3 rings (SSSR count). The third-order valence-electron chi connectivity index (χ3n) is 4.52. The summed E-state index contributed by atoms with van der Waals surface area (Å²) >= 11 is 0. The molecule has 2 heterocycles. The van der Waals surface area contributed by atoms with Crippen LogP contribution in [0.1, 0.15) is 44.2 Å². The van der Waals surface area contributed by atoms with Crippen molar-refractivity contribution in [2.24, 2.45) is 0 Å². The maximum atomic E-state index is 12.9. The van der Waals surface area contributed by atoms with Gasteiger partial charge in [0.15, 0.2) is 0 Å². The number of benzene rings is 1. The number of amides is 2. The minimum atomic E-state index is -0.431. The fraction of sp³-hybridized carbons (Fsp3) is 0.529. The van der Waals surface area contributed by atoms with Crippen LogP contribution < -0.4 is 0 Å². The molecule has 2 aliphatic rings. The molecule has 0 N–H and O–H groups in total. The van der Waals surface area contributed by atoms with Crippen LogP contribution in [0.25, 0.3) is 0 Å². The van der Waals surface area contributed by atoms with E-state index < -0.39 is 6.04 Å².